The van der Waals surface area contributed by atoms with Gasteiger partial charge in [0.15, 0.2) is 0 Å². The van der Waals surface area contributed by atoms with Crippen molar-refractivity contribution < 1.29 is 14.3 Å². The minimum atomic E-state index is -0.118. The number of hydrogen-bond donors (Lipinski definition) is 1. The number of fused-ring (bicyclic) bond motifs is 1. The van der Waals surface area contributed by atoms with E-state index in [1.807, 2.05) is 30.3 Å². The largest absolute Gasteiger partial charge is 0.381 e. The Kier molecular flexibility index (Phi) is 5.43. The van der Waals surface area contributed by atoms with Crippen LogP contribution in [0.5, 0.6) is 0 Å². The second kappa shape index (κ2) is 8.12. The van der Waals surface area contributed by atoms with Crippen molar-refractivity contribution in [2.24, 2.45) is 5.92 Å². The molecule has 1 aromatic heterocycles. The second-order valence-electron chi connectivity index (χ2n) is 6.94. The third kappa shape index (κ3) is 3.87. The second-order valence-corrected chi connectivity index (χ2v) is 6.94. The van der Waals surface area contributed by atoms with Gasteiger partial charge >= 0.3 is 0 Å². The number of hydrogen-bond acceptors (Lipinski definition) is 5. The Balaban J connectivity index is 1.44. The molecule has 2 atom stereocenters. The molecule has 0 bridgehead atoms. The van der Waals surface area contributed by atoms with Crippen LogP contribution >= 0.6 is 0 Å². The van der Waals surface area contributed by atoms with E-state index in [4.69, 9.17) is 9.47 Å². The molecule has 4 rings (SSSR count). The first-order valence-electron chi connectivity index (χ1n) is 9.35. The van der Waals surface area contributed by atoms with Gasteiger partial charge in [-0.2, -0.15) is 0 Å². The minimum Gasteiger partial charge on any atom is -0.381 e. The first kappa shape index (κ1) is 17.4. The number of pyridine rings is 1. The van der Waals surface area contributed by atoms with E-state index in [9.17, 15) is 4.79 Å². The third-order valence-corrected chi connectivity index (χ3v) is 5.33. The van der Waals surface area contributed by atoms with E-state index < -0.39 is 0 Å². The number of aromatic nitrogens is 1. The molecule has 2 aliphatic heterocycles. The van der Waals surface area contributed by atoms with Gasteiger partial charge in [-0.25, -0.2) is 4.98 Å². The summed E-state index contributed by atoms with van der Waals surface area (Å²) in [7, 11) is 0. The summed E-state index contributed by atoms with van der Waals surface area (Å²) in [5.74, 6) is 0.339. The number of carbonyl (C=O) groups is 1. The Morgan fingerprint density at radius 3 is 2.81 bits per heavy atom. The molecule has 6 heteroatoms. The molecular formula is C20H25N3O3. The number of carbonyl (C=O) groups excluding carboxylic acids is 1. The summed E-state index contributed by atoms with van der Waals surface area (Å²) in [6, 6.07) is 11.9. The highest BCUT2D eigenvalue weighted by Gasteiger charge is 2.31. The average molecular weight is 355 g/mol. The van der Waals surface area contributed by atoms with Gasteiger partial charge in [-0.1, -0.05) is 24.3 Å². The number of morpholine rings is 1. The van der Waals surface area contributed by atoms with Gasteiger partial charge in [0.1, 0.15) is 5.69 Å². The number of ether oxygens (including phenoxy) is 2. The van der Waals surface area contributed by atoms with Gasteiger partial charge in [0.2, 0.25) is 0 Å². The van der Waals surface area contributed by atoms with Crippen LogP contribution in [0.4, 0.5) is 0 Å². The highest BCUT2D eigenvalue weighted by molar-refractivity contribution is 5.94. The molecule has 1 aromatic carbocycles. The lowest BCUT2D eigenvalue weighted by Gasteiger charge is -2.37. The van der Waals surface area contributed by atoms with Crippen LogP contribution in [0, 0.1) is 5.92 Å². The zero-order chi connectivity index (χ0) is 17.8. The van der Waals surface area contributed by atoms with Gasteiger partial charge in [-0.3, -0.25) is 9.69 Å². The fourth-order valence-electron chi connectivity index (χ4n) is 3.84. The number of rotatable bonds is 5. The molecule has 1 N–H and O–H groups in total. The summed E-state index contributed by atoms with van der Waals surface area (Å²) in [4.78, 5) is 19.6. The summed E-state index contributed by atoms with van der Waals surface area (Å²) < 4.78 is 11.1. The number of para-hydroxylation sites is 1. The van der Waals surface area contributed by atoms with Gasteiger partial charge in [0.05, 0.1) is 25.3 Å². The molecule has 2 fully saturated rings. The molecule has 0 spiro atoms. The molecule has 0 radical (unpaired) electrons. The predicted molar refractivity (Wildman–Crippen MR) is 99.2 cm³/mol. The van der Waals surface area contributed by atoms with E-state index in [1.54, 1.807) is 6.07 Å². The number of nitrogens with one attached hydrogen (secondary N) is 1. The maximum atomic E-state index is 12.6. The van der Waals surface area contributed by atoms with E-state index in [1.165, 1.54) is 0 Å². The molecular weight excluding hydrogens is 330 g/mol. The zero-order valence-electron chi connectivity index (χ0n) is 14.9. The maximum Gasteiger partial charge on any atom is 0.269 e. The van der Waals surface area contributed by atoms with E-state index >= 15 is 0 Å². The quantitative estimate of drug-likeness (QED) is 0.885. The molecule has 3 heterocycles. The van der Waals surface area contributed by atoms with Crippen molar-refractivity contribution in [2.45, 2.75) is 12.5 Å². The number of amides is 1. The topological polar surface area (TPSA) is 63.7 Å². The minimum absolute atomic E-state index is 0.118. The van der Waals surface area contributed by atoms with Gasteiger partial charge < -0.3 is 14.8 Å². The van der Waals surface area contributed by atoms with Crippen LogP contribution in [-0.4, -0.2) is 67.9 Å². The molecule has 0 unspecified atom stereocenters. The molecule has 6 nitrogen and oxygen atoms in total. The highest BCUT2D eigenvalue weighted by Crippen LogP contribution is 2.22. The van der Waals surface area contributed by atoms with Crippen molar-refractivity contribution >= 4 is 16.8 Å². The van der Waals surface area contributed by atoms with Crippen LogP contribution in [0.1, 0.15) is 16.9 Å². The predicted octanol–water partition coefficient (Wildman–Crippen LogP) is 1.70. The lowest BCUT2D eigenvalue weighted by Crippen LogP contribution is -2.52. The van der Waals surface area contributed by atoms with Crippen LogP contribution in [-0.2, 0) is 9.47 Å². The Morgan fingerprint density at radius 1 is 1.15 bits per heavy atom. The molecule has 138 valence electrons. The number of benzene rings is 1. The van der Waals surface area contributed by atoms with Crippen molar-refractivity contribution in [1.82, 2.24) is 15.2 Å². The summed E-state index contributed by atoms with van der Waals surface area (Å²) >= 11 is 0. The summed E-state index contributed by atoms with van der Waals surface area (Å²) in [6.45, 7) is 5.52. The van der Waals surface area contributed by atoms with E-state index in [-0.39, 0.29) is 11.9 Å². The summed E-state index contributed by atoms with van der Waals surface area (Å²) in [5.41, 5.74) is 1.31. The van der Waals surface area contributed by atoms with Crippen LogP contribution in [0.3, 0.4) is 0 Å². The average Bonchev–Trinajstić information content (AvgIpc) is 3.23. The van der Waals surface area contributed by atoms with Crippen molar-refractivity contribution in [3.05, 3.63) is 42.1 Å². The van der Waals surface area contributed by atoms with Gasteiger partial charge in [-0.05, 0) is 18.6 Å². The van der Waals surface area contributed by atoms with Crippen LogP contribution in [0.15, 0.2) is 36.4 Å². The fourth-order valence-corrected chi connectivity index (χ4v) is 3.84. The van der Waals surface area contributed by atoms with Crippen molar-refractivity contribution in [3.63, 3.8) is 0 Å². The van der Waals surface area contributed by atoms with Crippen molar-refractivity contribution in [1.29, 1.82) is 0 Å². The first-order valence-corrected chi connectivity index (χ1v) is 9.35. The summed E-state index contributed by atoms with van der Waals surface area (Å²) in [6.07, 6.45) is 1.05. The van der Waals surface area contributed by atoms with E-state index in [0.717, 1.165) is 56.8 Å². The van der Waals surface area contributed by atoms with Crippen molar-refractivity contribution in [2.75, 3.05) is 46.1 Å². The first-order chi connectivity index (χ1) is 12.8. The Hall–Kier alpha value is -2.02. The normalized spacial score (nSPS) is 22.4. The zero-order valence-corrected chi connectivity index (χ0v) is 14.9. The smallest absolute Gasteiger partial charge is 0.269 e. The highest BCUT2D eigenvalue weighted by atomic mass is 16.5. The molecule has 0 aliphatic carbocycles. The SMILES string of the molecule is O=C(NC[C@@H]([C@H]1CCOC1)N1CCOCC1)c1ccc2ccccc2n1. The van der Waals surface area contributed by atoms with Gasteiger partial charge in [-0.15, -0.1) is 0 Å². The fraction of sp³-hybridized carbons (Fsp3) is 0.500. The molecule has 26 heavy (non-hydrogen) atoms. The Bertz CT molecular complexity index is 755. The molecule has 1 amide bonds. The molecule has 2 aromatic rings. The van der Waals surface area contributed by atoms with E-state index in [0.29, 0.717) is 18.2 Å². The molecule has 2 aliphatic rings. The van der Waals surface area contributed by atoms with E-state index in [2.05, 4.69) is 15.2 Å². The Morgan fingerprint density at radius 2 is 2.00 bits per heavy atom. The third-order valence-electron chi connectivity index (χ3n) is 5.33. The van der Waals surface area contributed by atoms with Gasteiger partial charge in [0, 0.05) is 43.6 Å². The van der Waals surface area contributed by atoms with Crippen LogP contribution in [0.2, 0.25) is 0 Å². The molecule has 0 saturated carbocycles. The monoisotopic (exact) mass is 355 g/mol. The number of nitrogens with zero attached hydrogens (tertiary/aromatic N) is 2. The van der Waals surface area contributed by atoms with Crippen LogP contribution in [0.25, 0.3) is 10.9 Å². The van der Waals surface area contributed by atoms with Gasteiger partial charge in [0.25, 0.3) is 5.91 Å². The molecule has 2 saturated heterocycles. The lowest BCUT2D eigenvalue weighted by molar-refractivity contribution is 0.00165. The Labute approximate surface area is 153 Å². The standard InChI is InChI=1S/C20H25N3O3/c24-20(18-6-5-15-3-1-2-4-17(15)22-18)21-13-19(16-7-10-26-14-16)23-8-11-25-12-9-23/h1-6,16,19H,7-14H2,(H,21,24)/t16-,19-/m0/s1. The maximum absolute atomic E-state index is 12.6. The lowest BCUT2D eigenvalue weighted by atomic mass is 9.97. The van der Waals surface area contributed by atoms with Crippen molar-refractivity contribution in [3.8, 4) is 0 Å². The van der Waals surface area contributed by atoms with Crippen LogP contribution < -0.4 is 5.32 Å². The summed E-state index contributed by atoms with van der Waals surface area (Å²) in [5, 5.41) is 4.14.